The number of hydrogen-bond donors (Lipinski definition) is 1. The van der Waals surface area contributed by atoms with Gasteiger partial charge in [-0.1, -0.05) is 6.92 Å². The maximum absolute atomic E-state index is 11.8. The Morgan fingerprint density at radius 1 is 1.48 bits per heavy atom. The third-order valence-corrected chi connectivity index (χ3v) is 4.27. The highest BCUT2D eigenvalue weighted by Gasteiger charge is 2.27. The van der Waals surface area contributed by atoms with Gasteiger partial charge in [0.15, 0.2) is 0 Å². The van der Waals surface area contributed by atoms with Gasteiger partial charge >= 0.3 is 0 Å². The number of carbonyl (C=O) groups excluding carboxylic acids is 1. The number of nitrogens with one attached hydrogen (secondary N) is 1. The van der Waals surface area contributed by atoms with Gasteiger partial charge in [0.2, 0.25) is 5.91 Å². The highest BCUT2D eigenvalue weighted by molar-refractivity contribution is 5.76. The lowest BCUT2D eigenvalue weighted by molar-refractivity contribution is -0.121. The van der Waals surface area contributed by atoms with E-state index >= 15 is 0 Å². The van der Waals surface area contributed by atoms with E-state index in [-0.39, 0.29) is 5.91 Å². The zero-order valence-corrected chi connectivity index (χ0v) is 12.9. The van der Waals surface area contributed by atoms with Crippen molar-refractivity contribution >= 4 is 5.91 Å². The van der Waals surface area contributed by atoms with Gasteiger partial charge in [-0.25, -0.2) is 0 Å². The van der Waals surface area contributed by atoms with E-state index in [4.69, 9.17) is 9.84 Å². The van der Waals surface area contributed by atoms with Crippen LogP contribution < -0.4 is 5.32 Å². The molecular formula is C16H25N3O2. The summed E-state index contributed by atoms with van der Waals surface area (Å²) in [5.41, 5.74) is 3.65. The van der Waals surface area contributed by atoms with E-state index in [1.807, 2.05) is 0 Å². The quantitative estimate of drug-likeness (QED) is 0.834. The van der Waals surface area contributed by atoms with Crippen LogP contribution >= 0.6 is 0 Å². The van der Waals surface area contributed by atoms with Crippen molar-refractivity contribution in [1.29, 1.82) is 0 Å². The number of fused-ring (bicyclic) bond motifs is 1. The van der Waals surface area contributed by atoms with Gasteiger partial charge in [0, 0.05) is 43.6 Å². The lowest BCUT2D eigenvalue weighted by atomic mass is 10.1. The summed E-state index contributed by atoms with van der Waals surface area (Å²) in [5, 5.41) is 7.71. The fourth-order valence-electron chi connectivity index (χ4n) is 2.86. The van der Waals surface area contributed by atoms with Crippen LogP contribution in [0.2, 0.25) is 0 Å². The molecule has 5 nitrogen and oxygen atoms in total. The molecule has 0 atom stereocenters. The van der Waals surface area contributed by atoms with Crippen LogP contribution in [0.15, 0.2) is 0 Å². The van der Waals surface area contributed by atoms with E-state index in [2.05, 4.69) is 16.9 Å². The molecule has 3 rings (SSSR count). The number of amides is 1. The molecule has 2 aliphatic rings. The summed E-state index contributed by atoms with van der Waals surface area (Å²) in [5.74, 6) is 0.941. The summed E-state index contributed by atoms with van der Waals surface area (Å²) < 4.78 is 7.78. The Hall–Kier alpha value is -1.36. The van der Waals surface area contributed by atoms with Gasteiger partial charge in [-0.3, -0.25) is 9.48 Å². The molecule has 0 unspecified atom stereocenters. The zero-order valence-electron chi connectivity index (χ0n) is 12.9. The van der Waals surface area contributed by atoms with Gasteiger partial charge in [-0.05, 0) is 25.2 Å². The van der Waals surface area contributed by atoms with Crippen LogP contribution in [0.3, 0.4) is 0 Å². The minimum Gasteiger partial charge on any atom is -0.376 e. The predicted octanol–water partition coefficient (Wildman–Crippen LogP) is 1.82. The molecule has 1 aromatic heterocycles. The second kappa shape index (κ2) is 6.60. The van der Waals surface area contributed by atoms with Gasteiger partial charge in [-0.2, -0.15) is 5.10 Å². The van der Waals surface area contributed by atoms with E-state index in [1.54, 1.807) is 0 Å². The summed E-state index contributed by atoms with van der Waals surface area (Å²) in [4.78, 5) is 11.8. The molecule has 0 aromatic carbocycles. The van der Waals surface area contributed by atoms with E-state index in [0.29, 0.717) is 13.0 Å². The first-order valence-corrected chi connectivity index (χ1v) is 8.19. The largest absolute Gasteiger partial charge is 0.376 e. The molecule has 21 heavy (non-hydrogen) atoms. The average Bonchev–Trinajstić information content (AvgIpc) is 3.25. The summed E-state index contributed by atoms with van der Waals surface area (Å²) >= 11 is 0. The molecule has 5 heteroatoms. The highest BCUT2D eigenvalue weighted by Crippen LogP contribution is 2.32. The number of aryl methyl sites for hydroxylation is 1. The van der Waals surface area contributed by atoms with Crippen LogP contribution in [-0.2, 0) is 35.5 Å². The van der Waals surface area contributed by atoms with Crippen molar-refractivity contribution in [3.05, 3.63) is 17.0 Å². The summed E-state index contributed by atoms with van der Waals surface area (Å²) in [7, 11) is 0. The minimum atomic E-state index is 0.124. The Morgan fingerprint density at radius 3 is 3.10 bits per heavy atom. The molecule has 1 saturated carbocycles. The lowest BCUT2D eigenvalue weighted by Crippen LogP contribution is -2.24. The second-order valence-electron chi connectivity index (χ2n) is 6.15. The Morgan fingerprint density at radius 2 is 2.33 bits per heavy atom. The van der Waals surface area contributed by atoms with Crippen molar-refractivity contribution in [2.45, 2.75) is 58.6 Å². The molecule has 1 fully saturated rings. The van der Waals surface area contributed by atoms with Gasteiger partial charge in [0.1, 0.15) is 0 Å². The normalized spacial score (nSPS) is 17.6. The van der Waals surface area contributed by atoms with Crippen molar-refractivity contribution in [3.8, 4) is 0 Å². The third kappa shape index (κ3) is 3.64. The molecule has 1 N–H and O–H groups in total. The first-order chi connectivity index (χ1) is 10.3. The Labute approximate surface area is 126 Å². The van der Waals surface area contributed by atoms with Crippen LogP contribution in [0.1, 0.15) is 49.6 Å². The first kappa shape index (κ1) is 14.6. The van der Waals surface area contributed by atoms with Gasteiger partial charge in [0.25, 0.3) is 0 Å². The lowest BCUT2D eigenvalue weighted by Gasteiger charge is -2.15. The minimum absolute atomic E-state index is 0.124. The van der Waals surface area contributed by atoms with Gasteiger partial charge < -0.3 is 10.1 Å². The number of carbonyl (C=O) groups is 1. The number of rotatable bonds is 7. The Balaban J connectivity index is 1.66. The standard InChI is InChI=1S/C16H25N3O2/c1-2-8-17-16(20)6-5-14-13-11-21-9-7-15(13)19(18-14)10-12-3-4-12/h12H,2-11H2,1H3,(H,17,20). The maximum atomic E-state index is 11.8. The molecule has 116 valence electrons. The van der Waals surface area contributed by atoms with Crippen molar-refractivity contribution in [3.63, 3.8) is 0 Å². The summed E-state index contributed by atoms with van der Waals surface area (Å²) in [6.07, 6.45) is 5.84. The second-order valence-corrected chi connectivity index (χ2v) is 6.15. The van der Waals surface area contributed by atoms with Crippen molar-refractivity contribution in [2.24, 2.45) is 5.92 Å². The van der Waals surface area contributed by atoms with E-state index in [1.165, 1.54) is 24.1 Å². The Kier molecular flexibility index (Phi) is 4.58. The number of aromatic nitrogens is 2. The number of hydrogen-bond acceptors (Lipinski definition) is 3. The highest BCUT2D eigenvalue weighted by atomic mass is 16.5. The van der Waals surface area contributed by atoms with Crippen molar-refractivity contribution in [2.75, 3.05) is 13.2 Å². The molecule has 1 aliphatic carbocycles. The van der Waals surface area contributed by atoms with Crippen LogP contribution in [0, 0.1) is 5.92 Å². The smallest absolute Gasteiger partial charge is 0.220 e. The van der Waals surface area contributed by atoms with Crippen LogP contribution in [0.4, 0.5) is 0 Å². The number of ether oxygens (including phenoxy) is 1. The monoisotopic (exact) mass is 291 g/mol. The molecule has 0 radical (unpaired) electrons. The van der Waals surface area contributed by atoms with E-state index in [0.717, 1.165) is 50.6 Å². The van der Waals surface area contributed by atoms with Crippen molar-refractivity contribution < 1.29 is 9.53 Å². The summed E-state index contributed by atoms with van der Waals surface area (Å²) in [6, 6.07) is 0. The molecular weight excluding hydrogens is 266 g/mol. The SMILES string of the molecule is CCCNC(=O)CCc1nn(CC2CC2)c2c1COCC2. The molecule has 1 aromatic rings. The first-order valence-electron chi connectivity index (χ1n) is 8.19. The molecule has 1 amide bonds. The van der Waals surface area contributed by atoms with Crippen molar-refractivity contribution in [1.82, 2.24) is 15.1 Å². The van der Waals surface area contributed by atoms with Crippen LogP contribution in [0.5, 0.6) is 0 Å². The Bertz CT molecular complexity index is 506. The predicted molar refractivity (Wildman–Crippen MR) is 79.9 cm³/mol. The third-order valence-electron chi connectivity index (χ3n) is 4.27. The zero-order chi connectivity index (χ0) is 14.7. The molecule has 0 bridgehead atoms. The van der Waals surface area contributed by atoms with Crippen LogP contribution in [-0.4, -0.2) is 28.8 Å². The topological polar surface area (TPSA) is 56.2 Å². The molecule has 1 aliphatic heterocycles. The maximum Gasteiger partial charge on any atom is 0.220 e. The van der Waals surface area contributed by atoms with Crippen LogP contribution in [0.25, 0.3) is 0 Å². The summed E-state index contributed by atoms with van der Waals surface area (Å²) in [6.45, 7) is 5.32. The van der Waals surface area contributed by atoms with Gasteiger partial charge in [0.05, 0.1) is 18.9 Å². The molecule has 2 heterocycles. The average molecular weight is 291 g/mol. The van der Waals surface area contributed by atoms with Gasteiger partial charge in [-0.15, -0.1) is 0 Å². The molecule has 0 saturated heterocycles. The number of nitrogens with zero attached hydrogens (tertiary/aromatic N) is 2. The van der Waals surface area contributed by atoms with E-state index < -0.39 is 0 Å². The van der Waals surface area contributed by atoms with E-state index in [9.17, 15) is 4.79 Å². The fraction of sp³-hybridized carbons (Fsp3) is 0.750. The molecule has 0 spiro atoms. The fourth-order valence-corrected chi connectivity index (χ4v) is 2.86.